The molecule has 0 bridgehead atoms. The summed E-state index contributed by atoms with van der Waals surface area (Å²) in [7, 11) is 1.37. The summed E-state index contributed by atoms with van der Waals surface area (Å²) in [5.74, 6) is -0.283. The molecule has 6 heteroatoms. The summed E-state index contributed by atoms with van der Waals surface area (Å²) in [6.07, 6.45) is -0.0167. The van der Waals surface area contributed by atoms with Crippen LogP contribution in [0, 0.1) is 6.92 Å². The average molecular weight is 256 g/mol. The van der Waals surface area contributed by atoms with Crippen LogP contribution in [0.5, 0.6) is 0 Å². The molecule has 0 saturated carbocycles. The summed E-state index contributed by atoms with van der Waals surface area (Å²) in [6, 6.07) is -0.348. The van der Waals surface area contributed by atoms with Gasteiger partial charge in [-0.25, -0.2) is 4.98 Å². The monoisotopic (exact) mass is 256 g/mol. The number of β-amino-alcohol motifs (C(OH)–C–C–N with tert-alkyl or cyclic N) is 1. The molecule has 0 radical (unpaired) electrons. The first-order valence-electron chi connectivity index (χ1n) is 5.51. The smallest absolute Gasteiger partial charge is 0.323 e. The molecule has 0 aromatic carbocycles. The molecule has 5 nitrogen and oxygen atoms in total. The van der Waals surface area contributed by atoms with Gasteiger partial charge in [0, 0.05) is 24.0 Å². The van der Waals surface area contributed by atoms with Crippen LogP contribution in [0.3, 0.4) is 0 Å². The fourth-order valence-electron chi connectivity index (χ4n) is 2.08. The van der Waals surface area contributed by atoms with Crippen LogP contribution in [-0.2, 0) is 16.1 Å². The molecule has 0 amide bonds. The fourth-order valence-corrected chi connectivity index (χ4v) is 2.88. The van der Waals surface area contributed by atoms with Gasteiger partial charge in [0.05, 0.1) is 19.8 Å². The number of hydrogen-bond donors (Lipinski definition) is 1. The fraction of sp³-hybridized carbons (Fsp3) is 0.636. The summed E-state index contributed by atoms with van der Waals surface area (Å²) in [6.45, 7) is 3.03. The van der Waals surface area contributed by atoms with E-state index in [1.807, 2.05) is 17.2 Å². The number of nitrogens with zero attached hydrogens (tertiary/aromatic N) is 2. The van der Waals surface area contributed by atoms with Gasteiger partial charge in [0.15, 0.2) is 0 Å². The highest BCUT2D eigenvalue weighted by Crippen LogP contribution is 2.22. The summed E-state index contributed by atoms with van der Waals surface area (Å²) in [5.41, 5.74) is 0.986. The number of hydrogen-bond acceptors (Lipinski definition) is 6. The van der Waals surface area contributed by atoms with E-state index in [9.17, 15) is 9.90 Å². The van der Waals surface area contributed by atoms with Crippen molar-refractivity contribution >= 4 is 17.3 Å². The van der Waals surface area contributed by atoms with Gasteiger partial charge in [-0.2, -0.15) is 0 Å². The first-order valence-corrected chi connectivity index (χ1v) is 6.39. The van der Waals surface area contributed by atoms with Crippen molar-refractivity contribution < 1.29 is 14.6 Å². The van der Waals surface area contributed by atoms with Crippen molar-refractivity contribution in [2.45, 2.75) is 32.0 Å². The van der Waals surface area contributed by atoms with Gasteiger partial charge in [-0.1, -0.05) is 0 Å². The number of rotatable bonds is 3. The average Bonchev–Trinajstić information content (AvgIpc) is 2.85. The molecule has 1 aliphatic rings. The van der Waals surface area contributed by atoms with Gasteiger partial charge < -0.3 is 9.84 Å². The van der Waals surface area contributed by atoms with E-state index in [1.165, 1.54) is 7.11 Å². The van der Waals surface area contributed by atoms with E-state index >= 15 is 0 Å². The van der Waals surface area contributed by atoms with Gasteiger partial charge >= 0.3 is 5.97 Å². The van der Waals surface area contributed by atoms with Crippen LogP contribution in [0.1, 0.15) is 17.1 Å². The van der Waals surface area contributed by atoms with Crippen molar-refractivity contribution in [2.75, 3.05) is 13.7 Å². The maximum absolute atomic E-state index is 11.6. The molecule has 17 heavy (non-hydrogen) atoms. The predicted molar refractivity (Wildman–Crippen MR) is 63.7 cm³/mol. The molecule has 1 saturated heterocycles. The van der Waals surface area contributed by atoms with Gasteiger partial charge in [0.2, 0.25) is 0 Å². The number of aliphatic hydroxyl groups excluding tert-OH is 1. The topological polar surface area (TPSA) is 62.7 Å². The van der Waals surface area contributed by atoms with E-state index in [-0.39, 0.29) is 12.0 Å². The third-order valence-corrected chi connectivity index (χ3v) is 3.81. The molecule has 94 valence electrons. The van der Waals surface area contributed by atoms with Crippen LogP contribution >= 0.6 is 11.3 Å². The molecule has 1 N–H and O–H groups in total. The Kier molecular flexibility index (Phi) is 3.76. The number of methoxy groups -OCH3 is 1. The molecule has 1 aliphatic heterocycles. The molecule has 0 aliphatic carbocycles. The van der Waals surface area contributed by atoms with E-state index in [0.717, 1.165) is 10.7 Å². The second kappa shape index (κ2) is 5.12. The van der Waals surface area contributed by atoms with Crippen molar-refractivity contribution in [3.8, 4) is 0 Å². The normalized spacial score (nSPS) is 25.1. The van der Waals surface area contributed by atoms with Crippen molar-refractivity contribution in [1.82, 2.24) is 9.88 Å². The van der Waals surface area contributed by atoms with Gasteiger partial charge in [0.1, 0.15) is 11.0 Å². The number of carbonyl (C=O) groups excluding carboxylic acids is 1. The number of aryl methyl sites for hydroxylation is 1. The SMILES string of the molecule is COC(=O)C1CC(O)CN1Cc1nc(C)cs1. The summed E-state index contributed by atoms with van der Waals surface area (Å²) in [5, 5.41) is 12.6. The quantitative estimate of drug-likeness (QED) is 0.801. The minimum absolute atomic E-state index is 0.283. The molecule has 2 atom stereocenters. The van der Waals surface area contributed by atoms with Gasteiger partial charge in [-0.15, -0.1) is 11.3 Å². The highest BCUT2D eigenvalue weighted by Gasteiger charge is 2.36. The largest absolute Gasteiger partial charge is 0.468 e. The number of carbonyl (C=O) groups is 1. The first-order chi connectivity index (χ1) is 8.10. The van der Waals surface area contributed by atoms with E-state index < -0.39 is 6.10 Å². The van der Waals surface area contributed by atoms with Crippen LogP contribution in [-0.4, -0.2) is 46.8 Å². The number of aromatic nitrogens is 1. The number of esters is 1. The van der Waals surface area contributed by atoms with Crippen molar-refractivity contribution in [1.29, 1.82) is 0 Å². The number of likely N-dealkylation sites (tertiary alicyclic amines) is 1. The minimum Gasteiger partial charge on any atom is -0.468 e. The van der Waals surface area contributed by atoms with Crippen LogP contribution in [0.2, 0.25) is 0 Å². The minimum atomic E-state index is -0.458. The van der Waals surface area contributed by atoms with E-state index in [1.54, 1.807) is 11.3 Å². The molecular formula is C11H16N2O3S. The second-order valence-electron chi connectivity index (χ2n) is 4.24. The molecule has 2 rings (SSSR count). The van der Waals surface area contributed by atoms with Crippen LogP contribution in [0.25, 0.3) is 0 Å². The lowest BCUT2D eigenvalue weighted by Crippen LogP contribution is -2.36. The summed E-state index contributed by atoms with van der Waals surface area (Å²) in [4.78, 5) is 17.9. The van der Waals surface area contributed by atoms with Gasteiger partial charge in [0.25, 0.3) is 0 Å². The Bertz CT molecular complexity index is 407. The Morgan fingerprint density at radius 1 is 1.76 bits per heavy atom. The first kappa shape index (κ1) is 12.5. The standard InChI is InChI=1S/C11H16N2O3S/c1-7-6-17-10(12-7)5-13-4-8(14)3-9(13)11(15)16-2/h6,8-9,14H,3-5H2,1-2H3. The lowest BCUT2D eigenvalue weighted by Gasteiger charge is -2.20. The van der Waals surface area contributed by atoms with E-state index in [0.29, 0.717) is 19.5 Å². The Morgan fingerprint density at radius 3 is 3.12 bits per heavy atom. The predicted octanol–water partition coefficient (Wildman–Crippen LogP) is 0.560. The van der Waals surface area contributed by atoms with E-state index in [4.69, 9.17) is 4.74 Å². The Balaban J connectivity index is 2.05. The van der Waals surface area contributed by atoms with Gasteiger partial charge in [-0.3, -0.25) is 9.69 Å². The highest BCUT2D eigenvalue weighted by atomic mass is 32.1. The van der Waals surface area contributed by atoms with Gasteiger partial charge in [-0.05, 0) is 6.92 Å². The maximum atomic E-state index is 11.6. The zero-order chi connectivity index (χ0) is 12.4. The molecule has 1 aromatic rings. The van der Waals surface area contributed by atoms with E-state index in [2.05, 4.69) is 4.98 Å². The zero-order valence-corrected chi connectivity index (χ0v) is 10.7. The lowest BCUT2D eigenvalue weighted by atomic mass is 10.2. The Morgan fingerprint density at radius 2 is 2.53 bits per heavy atom. The number of ether oxygens (including phenoxy) is 1. The number of thiazole rings is 1. The van der Waals surface area contributed by atoms with Crippen LogP contribution in [0.4, 0.5) is 0 Å². The molecule has 0 spiro atoms. The molecule has 1 aromatic heterocycles. The molecule has 2 heterocycles. The molecule has 1 fully saturated rings. The van der Waals surface area contributed by atoms with Crippen LogP contribution < -0.4 is 0 Å². The Labute approximate surface area is 104 Å². The molecular weight excluding hydrogens is 240 g/mol. The van der Waals surface area contributed by atoms with Crippen molar-refractivity contribution in [3.63, 3.8) is 0 Å². The third kappa shape index (κ3) is 2.83. The third-order valence-electron chi connectivity index (χ3n) is 2.86. The zero-order valence-electron chi connectivity index (χ0n) is 9.92. The summed E-state index contributed by atoms with van der Waals surface area (Å²) < 4.78 is 4.75. The molecule has 2 unspecified atom stereocenters. The second-order valence-corrected chi connectivity index (χ2v) is 5.18. The highest BCUT2D eigenvalue weighted by molar-refractivity contribution is 7.09. The maximum Gasteiger partial charge on any atom is 0.323 e. The lowest BCUT2D eigenvalue weighted by molar-refractivity contribution is -0.146. The summed E-state index contributed by atoms with van der Waals surface area (Å²) >= 11 is 1.57. The van der Waals surface area contributed by atoms with Crippen LogP contribution in [0.15, 0.2) is 5.38 Å². The van der Waals surface area contributed by atoms with Crippen molar-refractivity contribution in [2.24, 2.45) is 0 Å². The number of aliphatic hydroxyl groups is 1. The van der Waals surface area contributed by atoms with Crippen molar-refractivity contribution in [3.05, 3.63) is 16.1 Å². The Hall–Kier alpha value is -0.980.